The summed E-state index contributed by atoms with van der Waals surface area (Å²) in [6, 6.07) is 24.1. The Morgan fingerprint density at radius 3 is 2.26 bits per heavy atom. The van der Waals surface area contributed by atoms with Crippen LogP contribution in [0, 0.1) is 0 Å². The summed E-state index contributed by atoms with van der Waals surface area (Å²) >= 11 is 1.58. The molecule has 0 bridgehead atoms. The van der Waals surface area contributed by atoms with Crippen molar-refractivity contribution in [3.05, 3.63) is 94.9 Å². The summed E-state index contributed by atoms with van der Waals surface area (Å²) in [6.45, 7) is 4.75. The number of hydrogen-bond donors (Lipinski definition) is 1. The van der Waals surface area contributed by atoms with Crippen LogP contribution in [0.25, 0.3) is 11.3 Å². The second kappa shape index (κ2) is 13.6. The fourth-order valence-electron chi connectivity index (χ4n) is 5.11. The van der Waals surface area contributed by atoms with E-state index in [1.54, 1.807) is 23.5 Å². The maximum absolute atomic E-state index is 11.2. The number of rotatable bonds is 9. The van der Waals surface area contributed by atoms with Crippen LogP contribution < -0.4 is 9.64 Å². The van der Waals surface area contributed by atoms with Crippen LogP contribution in [0.1, 0.15) is 73.4 Å². The predicted molar refractivity (Wildman–Crippen MR) is 162 cm³/mol. The van der Waals surface area contributed by atoms with E-state index in [9.17, 15) is 9.90 Å². The van der Waals surface area contributed by atoms with Crippen LogP contribution in [0.15, 0.2) is 78.2 Å². The number of carbonyl (C=O) groups is 1. The second-order valence-corrected chi connectivity index (χ2v) is 11.1. The Balaban J connectivity index is 0.00000353. The standard InChI is InChI=1S/C32H34N2O3S.Na.H/c1-22(2)34(28-16-12-27(13-17-28)31(35)36)32-33-30(21-38-32)26-14-18-29(19-15-26)37-20-23-8-10-25(11-9-23)24-6-4-3-5-7-24;;/h8-19,21-22,24H,3-7,20H2,1-2H3,(H,35,36);;. The van der Waals surface area contributed by atoms with Gasteiger partial charge < -0.3 is 14.7 Å². The molecule has 1 N–H and O–H groups in total. The van der Waals surface area contributed by atoms with Gasteiger partial charge in [0.05, 0.1) is 11.3 Å². The molecule has 0 amide bonds. The number of ether oxygens (including phenoxy) is 1. The number of hydrogen-bond acceptors (Lipinski definition) is 5. The zero-order valence-electron chi connectivity index (χ0n) is 22.0. The molecule has 1 aliphatic rings. The molecule has 0 spiro atoms. The van der Waals surface area contributed by atoms with E-state index in [2.05, 4.69) is 48.4 Å². The van der Waals surface area contributed by atoms with Crippen LogP contribution in [0.2, 0.25) is 0 Å². The van der Waals surface area contributed by atoms with Crippen LogP contribution in [0.5, 0.6) is 5.75 Å². The molecular weight excluding hydrogens is 515 g/mol. The van der Waals surface area contributed by atoms with Crippen molar-refractivity contribution in [3.63, 3.8) is 0 Å². The van der Waals surface area contributed by atoms with E-state index in [-0.39, 0.29) is 41.2 Å². The molecule has 1 aliphatic carbocycles. The maximum atomic E-state index is 11.2. The summed E-state index contributed by atoms with van der Waals surface area (Å²) in [5.74, 6) is 0.634. The van der Waals surface area contributed by atoms with Gasteiger partial charge in [0, 0.05) is 22.7 Å². The third-order valence-corrected chi connectivity index (χ3v) is 8.06. The quantitative estimate of drug-likeness (QED) is 0.214. The van der Waals surface area contributed by atoms with E-state index in [0.29, 0.717) is 6.61 Å². The Hall–Kier alpha value is -2.64. The van der Waals surface area contributed by atoms with Crippen molar-refractivity contribution in [1.29, 1.82) is 0 Å². The van der Waals surface area contributed by atoms with E-state index in [4.69, 9.17) is 9.72 Å². The number of carboxylic acids is 1. The van der Waals surface area contributed by atoms with E-state index >= 15 is 0 Å². The zero-order chi connectivity index (χ0) is 26.5. The first-order chi connectivity index (χ1) is 18.5. The van der Waals surface area contributed by atoms with Crippen molar-refractivity contribution in [2.45, 2.75) is 64.5 Å². The second-order valence-electron chi connectivity index (χ2n) is 10.2. The van der Waals surface area contributed by atoms with Gasteiger partial charge in [0.1, 0.15) is 12.4 Å². The van der Waals surface area contributed by atoms with E-state index in [1.165, 1.54) is 43.2 Å². The molecule has 0 unspecified atom stereocenters. The number of aromatic nitrogens is 1. The molecular formula is C32H35N2NaO3S. The summed E-state index contributed by atoms with van der Waals surface area (Å²) in [5, 5.41) is 12.1. The molecule has 1 heterocycles. The SMILES string of the molecule is CC(C)N(c1ccc(C(=O)O)cc1)c1nc(-c2ccc(OCc3ccc(C4CCCCC4)cc3)cc2)cs1.[NaH]. The molecule has 0 radical (unpaired) electrons. The molecule has 0 saturated heterocycles. The third-order valence-electron chi connectivity index (χ3n) is 7.22. The third kappa shape index (κ3) is 7.31. The normalized spacial score (nSPS) is 13.6. The molecule has 1 fully saturated rings. The molecule has 39 heavy (non-hydrogen) atoms. The van der Waals surface area contributed by atoms with Crippen LogP contribution >= 0.6 is 11.3 Å². The molecule has 5 nitrogen and oxygen atoms in total. The average molecular weight is 551 g/mol. The molecule has 4 aromatic rings. The van der Waals surface area contributed by atoms with Crippen LogP contribution in [-0.2, 0) is 6.61 Å². The molecule has 3 aromatic carbocycles. The number of anilines is 2. The summed E-state index contributed by atoms with van der Waals surface area (Å²) < 4.78 is 6.06. The Morgan fingerprint density at radius 1 is 0.974 bits per heavy atom. The Labute approximate surface area is 257 Å². The number of thiazole rings is 1. The topological polar surface area (TPSA) is 62.7 Å². The first kappa shape index (κ1) is 29.3. The van der Waals surface area contributed by atoms with E-state index in [0.717, 1.165) is 33.7 Å². The molecule has 198 valence electrons. The van der Waals surface area contributed by atoms with E-state index in [1.807, 2.05) is 36.4 Å². The number of nitrogens with zero attached hydrogens (tertiary/aromatic N) is 2. The summed E-state index contributed by atoms with van der Waals surface area (Å²) in [4.78, 5) is 18.2. The predicted octanol–water partition coefficient (Wildman–Crippen LogP) is 8.03. The van der Waals surface area contributed by atoms with Gasteiger partial charge in [-0.05, 0) is 92.3 Å². The Bertz CT molecular complexity index is 1350. The van der Waals surface area contributed by atoms with Gasteiger partial charge in [0.2, 0.25) is 0 Å². The van der Waals surface area contributed by atoms with E-state index < -0.39 is 5.97 Å². The van der Waals surface area contributed by atoms with Crippen molar-refractivity contribution in [1.82, 2.24) is 4.98 Å². The van der Waals surface area contributed by atoms with Gasteiger partial charge in [-0.2, -0.15) is 0 Å². The van der Waals surface area contributed by atoms with Crippen LogP contribution in [-0.4, -0.2) is 51.7 Å². The molecule has 0 atom stereocenters. The summed E-state index contributed by atoms with van der Waals surface area (Å²) in [6.07, 6.45) is 6.72. The van der Waals surface area contributed by atoms with Crippen molar-refractivity contribution in [3.8, 4) is 17.0 Å². The fourth-order valence-corrected chi connectivity index (χ4v) is 6.10. The zero-order valence-corrected chi connectivity index (χ0v) is 22.8. The number of benzene rings is 3. The minimum absolute atomic E-state index is 0. The van der Waals surface area contributed by atoms with Crippen LogP contribution in [0.3, 0.4) is 0 Å². The van der Waals surface area contributed by atoms with Gasteiger partial charge in [-0.25, -0.2) is 9.78 Å². The van der Waals surface area contributed by atoms with Crippen molar-refractivity contribution >= 4 is 57.7 Å². The van der Waals surface area contributed by atoms with Gasteiger partial charge in [0.15, 0.2) is 5.13 Å². The van der Waals surface area contributed by atoms with Gasteiger partial charge in [-0.3, -0.25) is 0 Å². The van der Waals surface area contributed by atoms with Gasteiger partial charge in [-0.1, -0.05) is 43.5 Å². The van der Waals surface area contributed by atoms with Gasteiger partial charge in [0.25, 0.3) is 0 Å². The molecule has 7 heteroatoms. The molecule has 0 aliphatic heterocycles. The van der Waals surface area contributed by atoms with Crippen molar-refractivity contribution < 1.29 is 14.6 Å². The first-order valence-electron chi connectivity index (χ1n) is 13.4. The van der Waals surface area contributed by atoms with Gasteiger partial charge >= 0.3 is 35.5 Å². The summed E-state index contributed by atoms with van der Waals surface area (Å²) in [5.41, 5.74) is 5.78. The van der Waals surface area contributed by atoms with Crippen molar-refractivity contribution in [2.24, 2.45) is 0 Å². The number of carboxylic acid groups (broad SMARTS) is 1. The first-order valence-corrected chi connectivity index (χ1v) is 14.3. The Kier molecular flexibility index (Phi) is 10.2. The number of aromatic carboxylic acids is 1. The summed E-state index contributed by atoms with van der Waals surface area (Å²) in [7, 11) is 0. The minimum atomic E-state index is -0.927. The van der Waals surface area contributed by atoms with Gasteiger partial charge in [-0.15, -0.1) is 11.3 Å². The molecule has 1 saturated carbocycles. The fraction of sp³-hybridized carbons (Fsp3) is 0.312. The molecule has 5 rings (SSSR count). The molecule has 1 aromatic heterocycles. The van der Waals surface area contributed by atoms with Crippen molar-refractivity contribution in [2.75, 3.05) is 4.90 Å². The van der Waals surface area contributed by atoms with Crippen LogP contribution in [0.4, 0.5) is 10.8 Å². The Morgan fingerprint density at radius 2 is 1.64 bits per heavy atom. The average Bonchev–Trinajstić information content (AvgIpc) is 3.43. The monoisotopic (exact) mass is 550 g/mol.